The molecule has 6 nitrogen and oxygen atoms in total. The number of furan rings is 1. The van der Waals surface area contributed by atoms with E-state index in [1.165, 1.54) is 42.3 Å². The van der Waals surface area contributed by atoms with Crippen molar-refractivity contribution in [2.45, 2.75) is 32.9 Å². The molecule has 0 aliphatic carbocycles. The van der Waals surface area contributed by atoms with Crippen molar-refractivity contribution in [2.75, 3.05) is 13.6 Å². The maximum Gasteiger partial charge on any atom is 0.289 e. The summed E-state index contributed by atoms with van der Waals surface area (Å²) in [5, 5.41) is 2.79. The van der Waals surface area contributed by atoms with Gasteiger partial charge in [-0.3, -0.25) is 9.59 Å². The van der Waals surface area contributed by atoms with E-state index in [-0.39, 0.29) is 36.2 Å². The maximum atomic E-state index is 12.9. The minimum Gasteiger partial charge on any atom is -0.486 e. The molecule has 0 saturated heterocycles. The van der Waals surface area contributed by atoms with Crippen LogP contribution in [0.5, 0.6) is 5.75 Å². The predicted octanol–water partition coefficient (Wildman–Crippen LogP) is 2.98. The summed E-state index contributed by atoms with van der Waals surface area (Å²) in [6, 6.07) is 8.76. The molecule has 1 aromatic heterocycles. The van der Waals surface area contributed by atoms with Crippen molar-refractivity contribution in [2.24, 2.45) is 0 Å². The van der Waals surface area contributed by atoms with Gasteiger partial charge in [0.15, 0.2) is 5.76 Å². The Bertz CT molecular complexity index is 763. The smallest absolute Gasteiger partial charge is 0.289 e. The number of ether oxygens (including phenoxy) is 1. The Labute approximate surface area is 151 Å². The van der Waals surface area contributed by atoms with Crippen molar-refractivity contribution < 1.29 is 23.1 Å². The Balaban J connectivity index is 1.90. The first-order chi connectivity index (χ1) is 12.1. The molecule has 0 unspecified atom stereocenters. The second-order valence-corrected chi connectivity index (χ2v) is 6.97. The highest BCUT2D eigenvalue weighted by atomic mass is 19.1. The maximum absolute atomic E-state index is 12.9. The van der Waals surface area contributed by atoms with Crippen LogP contribution in [0.1, 0.15) is 37.1 Å². The number of carbonyl (C=O) groups excluding carboxylic acids is 2. The van der Waals surface area contributed by atoms with E-state index < -0.39 is 5.91 Å². The molecule has 1 aromatic carbocycles. The molecular weight excluding hydrogens is 339 g/mol. The van der Waals surface area contributed by atoms with Crippen molar-refractivity contribution in [3.8, 4) is 5.75 Å². The molecule has 0 radical (unpaired) electrons. The molecule has 0 fully saturated rings. The van der Waals surface area contributed by atoms with E-state index in [1.807, 2.05) is 20.8 Å². The molecule has 7 heteroatoms. The Morgan fingerprint density at radius 1 is 1.15 bits per heavy atom. The zero-order valence-electron chi connectivity index (χ0n) is 15.3. The molecule has 1 heterocycles. The summed E-state index contributed by atoms with van der Waals surface area (Å²) >= 11 is 0. The number of nitrogens with one attached hydrogen (secondary N) is 1. The van der Waals surface area contributed by atoms with Gasteiger partial charge in [0.2, 0.25) is 5.91 Å². The third-order valence-corrected chi connectivity index (χ3v) is 3.31. The van der Waals surface area contributed by atoms with Gasteiger partial charge in [-0.2, -0.15) is 0 Å². The van der Waals surface area contributed by atoms with E-state index in [0.29, 0.717) is 11.5 Å². The number of hydrogen-bond donors (Lipinski definition) is 1. The molecule has 2 amide bonds. The van der Waals surface area contributed by atoms with Crippen LogP contribution in [-0.4, -0.2) is 35.8 Å². The van der Waals surface area contributed by atoms with Crippen LogP contribution in [0.15, 0.2) is 40.8 Å². The molecule has 0 bridgehead atoms. The minimum absolute atomic E-state index is 0.0712. The van der Waals surface area contributed by atoms with Gasteiger partial charge in [-0.15, -0.1) is 0 Å². The van der Waals surface area contributed by atoms with E-state index in [1.54, 1.807) is 6.07 Å². The number of nitrogens with zero attached hydrogens (tertiary/aromatic N) is 1. The van der Waals surface area contributed by atoms with Crippen LogP contribution in [0.4, 0.5) is 4.39 Å². The number of benzene rings is 1. The SMILES string of the molecule is CN(CC(=O)NC(C)(C)C)C(=O)c1ccc(COc2ccc(F)cc2)o1. The number of amides is 2. The second kappa shape index (κ2) is 8.03. The van der Waals surface area contributed by atoms with Crippen LogP contribution in [0.3, 0.4) is 0 Å². The van der Waals surface area contributed by atoms with E-state index in [0.717, 1.165) is 0 Å². The summed E-state index contributed by atoms with van der Waals surface area (Å²) in [4.78, 5) is 25.5. The van der Waals surface area contributed by atoms with E-state index in [9.17, 15) is 14.0 Å². The largest absolute Gasteiger partial charge is 0.486 e. The lowest BCUT2D eigenvalue weighted by atomic mass is 10.1. The van der Waals surface area contributed by atoms with Crippen LogP contribution >= 0.6 is 0 Å². The van der Waals surface area contributed by atoms with Crippen LogP contribution in [0.25, 0.3) is 0 Å². The van der Waals surface area contributed by atoms with Gasteiger partial charge in [-0.05, 0) is 57.2 Å². The number of rotatable bonds is 6. The highest BCUT2D eigenvalue weighted by molar-refractivity contribution is 5.94. The normalized spacial score (nSPS) is 11.1. The summed E-state index contributed by atoms with van der Waals surface area (Å²) in [5.41, 5.74) is -0.365. The van der Waals surface area contributed by atoms with Crippen molar-refractivity contribution in [3.63, 3.8) is 0 Å². The molecule has 2 rings (SSSR count). The van der Waals surface area contributed by atoms with Gasteiger partial charge < -0.3 is 19.4 Å². The summed E-state index contributed by atoms with van der Waals surface area (Å²) in [5.74, 6) is 0.0641. The quantitative estimate of drug-likeness (QED) is 0.858. The Morgan fingerprint density at radius 3 is 2.42 bits per heavy atom. The fraction of sp³-hybridized carbons (Fsp3) is 0.368. The van der Waals surface area contributed by atoms with Gasteiger partial charge in [0, 0.05) is 12.6 Å². The molecule has 0 aliphatic heterocycles. The number of carbonyl (C=O) groups is 2. The number of halogens is 1. The summed E-state index contributed by atoms with van der Waals surface area (Å²) in [6.45, 7) is 5.64. The van der Waals surface area contributed by atoms with Gasteiger partial charge >= 0.3 is 0 Å². The molecule has 1 N–H and O–H groups in total. The van der Waals surface area contributed by atoms with Crippen LogP contribution < -0.4 is 10.1 Å². The molecule has 0 spiro atoms. The summed E-state index contributed by atoms with van der Waals surface area (Å²) < 4.78 is 23.8. The molecule has 26 heavy (non-hydrogen) atoms. The molecule has 140 valence electrons. The third kappa shape index (κ3) is 5.91. The zero-order valence-corrected chi connectivity index (χ0v) is 15.3. The topological polar surface area (TPSA) is 71.8 Å². The van der Waals surface area contributed by atoms with Gasteiger partial charge in [0.05, 0.1) is 6.54 Å². The average molecular weight is 362 g/mol. The zero-order chi connectivity index (χ0) is 19.3. The monoisotopic (exact) mass is 362 g/mol. The standard InChI is InChI=1S/C19H23FN2O4/c1-19(2,3)21-17(23)11-22(4)18(24)16-10-9-15(26-16)12-25-14-7-5-13(20)6-8-14/h5-10H,11-12H2,1-4H3,(H,21,23). The van der Waals surface area contributed by atoms with Gasteiger partial charge in [-0.1, -0.05) is 0 Å². The number of hydrogen-bond acceptors (Lipinski definition) is 4. The van der Waals surface area contributed by atoms with Crippen molar-refractivity contribution in [1.82, 2.24) is 10.2 Å². The van der Waals surface area contributed by atoms with Gasteiger partial charge in [-0.25, -0.2) is 4.39 Å². The Morgan fingerprint density at radius 2 is 1.81 bits per heavy atom. The van der Waals surface area contributed by atoms with Gasteiger partial charge in [0.25, 0.3) is 5.91 Å². The van der Waals surface area contributed by atoms with Crippen LogP contribution in [0, 0.1) is 5.82 Å². The first-order valence-electron chi connectivity index (χ1n) is 8.17. The van der Waals surface area contributed by atoms with E-state index in [4.69, 9.17) is 9.15 Å². The lowest BCUT2D eigenvalue weighted by Crippen LogP contribution is -2.46. The highest BCUT2D eigenvalue weighted by Crippen LogP contribution is 2.16. The molecule has 0 saturated carbocycles. The average Bonchev–Trinajstić information content (AvgIpc) is 3.00. The van der Waals surface area contributed by atoms with Crippen molar-refractivity contribution in [1.29, 1.82) is 0 Å². The molecular formula is C19H23FN2O4. The van der Waals surface area contributed by atoms with E-state index >= 15 is 0 Å². The number of likely N-dealkylation sites (N-methyl/N-ethyl adjacent to an activating group) is 1. The minimum atomic E-state index is -0.401. The first-order valence-corrected chi connectivity index (χ1v) is 8.17. The molecule has 0 atom stereocenters. The van der Waals surface area contributed by atoms with Crippen molar-refractivity contribution >= 4 is 11.8 Å². The van der Waals surface area contributed by atoms with Crippen molar-refractivity contribution in [3.05, 3.63) is 53.7 Å². The lowest BCUT2D eigenvalue weighted by molar-refractivity contribution is -0.122. The predicted molar refractivity (Wildman–Crippen MR) is 94.3 cm³/mol. The lowest BCUT2D eigenvalue weighted by Gasteiger charge is -2.23. The molecule has 0 aliphatic rings. The Hall–Kier alpha value is -2.83. The first kappa shape index (κ1) is 19.5. The Kier molecular flexibility index (Phi) is 6.02. The fourth-order valence-electron chi connectivity index (χ4n) is 2.19. The highest BCUT2D eigenvalue weighted by Gasteiger charge is 2.21. The fourth-order valence-corrected chi connectivity index (χ4v) is 2.19. The van der Waals surface area contributed by atoms with Crippen LogP contribution in [0.2, 0.25) is 0 Å². The summed E-state index contributed by atoms with van der Waals surface area (Å²) in [6.07, 6.45) is 0. The second-order valence-electron chi connectivity index (χ2n) is 6.97. The van der Waals surface area contributed by atoms with E-state index in [2.05, 4.69) is 5.32 Å². The third-order valence-electron chi connectivity index (χ3n) is 3.31. The van der Waals surface area contributed by atoms with Crippen LogP contribution in [-0.2, 0) is 11.4 Å². The summed E-state index contributed by atoms with van der Waals surface area (Å²) in [7, 11) is 1.53. The molecule has 2 aromatic rings. The van der Waals surface area contributed by atoms with Gasteiger partial charge in [0.1, 0.15) is 23.9 Å².